The van der Waals surface area contributed by atoms with Crippen LogP contribution in [0.3, 0.4) is 0 Å². The van der Waals surface area contributed by atoms with Crippen molar-refractivity contribution in [1.82, 2.24) is 5.32 Å². The monoisotopic (exact) mass is 478 g/mol. The van der Waals surface area contributed by atoms with Crippen LogP contribution in [0.5, 0.6) is 11.5 Å². The lowest BCUT2D eigenvalue weighted by atomic mass is 10.2. The van der Waals surface area contributed by atoms with Crippen molar-refractivity contribution in [1.29, 1.82) is 0 Å². The van der Waals surface area contributed by atoms with Gasteiger partial charge in [-0.25, -0.2) is 8.42 Å². The minimum Gasteiger partial charge on any atom is -0.493 e. The van der Waals surface area contributed by atoms with E-state index in [1.165, 1.54) is 52.0 Å². The molecule has 9 heteroatoms. The van der Waals surface area contributed by atoms with E-state index in [-0.39, 0.29) is 17.3 Å². The second kappa shape index (κ2) is 11.5. The van der Waals surface area contributed by atoms with E-state index in [4.69, 9.17) is 9.47 Å². The fourth-order valence-electron chi connectivity index (χ4n) is 3.67. The van der Waals surface area contributed by atoms with E-state index in [0.717, 1.165) is 10.1 Å². The van der Waals surface area contributed by atoms with Crippen molar-refractivity contribution in [3.8, 4) is 11.5 Å². The molecule has 32 heavy (non-hydrogen) atoms. The molecule has 0 aliphatic heterocycles. The number of hydrogen-bond acceptors (Lipinski definition) is 6. The van der Waals surface area contributed by atoms with E-state index in [2.05, 4.69) is 5.32 Å². The Morgan fingerprint density at radius 1 is 1.06 bits per heavy atom. The summed E-state index contributed by atoms with van der Waals surface area (Å²) in [6.45, 7) is 0.173. The Bertz CT molecular complexity index is 993. The molecule has 0 spiro atoms. The molecular formula is C23H30N2O5S2. The Labute approximate surface area is 194 Å². The standard InChI is InChI=1S/C23H30N2O5S2/c1-29-21-13-12-18(16-22(21)30-2)25(32(27,28)20-10-4-3-5-11-20)17-23(26)24-14-15-31-19-8-6-7-9-19/h3-5,10-13,16,19H,6-9,14-15,17H2,1-2H3,(H,24,26). The Kier molecular flexibility index (Phi) is 8.69. The van der Waals surface area contributed by atoms with Gasteiger partial charge in [0.15, 0.2) is 11.5 Å². The van der Waals surface area contributed by atoms with E-state index >= 15 is 0 Å². The van der Waals surface area contributed by atoms with Crippen LogP contribution in [0.1, 0.15) is 25.7 Å². The molecule has 1 saturated carbocycles. The van der Waals surface area contributed by atoms with Crippen LogP contribution < -0.4 is 19.1 Å². The largest absolute Gasteiger partial charge is 0.493 e. The number of rotatable bonds is 11. The molecule has 3 rings (SSSR count). The lowest BCUT2D eigenvalue weighted by Gasteiger charge is -2.25. The maximum absolute atomic E-state index is 13.4. The third-order valence-corrected chi connectivity index (χ3v) is 8.52. The number of methoxy groups -OCH3 is 2. The second-order valence-corrected chi connectivity index (χ2v) is 10.8. The number of anilines is 1. The topological polar surface area (TPSA) is 84.9 Å². The summed E-state index contributed by atoms with van der Waals surface area (Å²) < 4.78 is 38.5. The fourth-order valence-corrected chi connectivity index (χ4v) is 6.33. The zero-order valence-corrected chi connectivity index (χ0v) is 20.1. The van der Waals surface area contributed by atoms with E-state index in [1.54, 1.807) is 36.4 Å². The molecule has 0 aromatic heterocycles. The second-order valence-electron chi connectivity index (χ2n) is 7.49. The van der Waals surface area contributed by atoms with Crippen molar-refractivity contribution >= 4 is 33.4 Å². The molecular weight excluding hydrogens is 448 g/mol. The van der Waals surface area contributed by atoms with Crippen molar-refractivity contribution in [2.75, 3.05) is 37.4 Å². The zero-order valence-electron chi connectivity index (χ0n) is 18.5. The van der Waals surface area contributed by atoms with Crippen LogP contribution in [0.25, 0.3) is 0 Å². The first-order chi connectivity index (χ1) is 15.5. The van der Waals surface area contributed by atoms with Crippen LogP contribution in [0.2, 0.25) is 0 Å². The number of amides is 1. The lowest BCUT2D eigenvalue weighted by Crippen LogP contribution is -2.41. The predicted octanol–water partition coefficient (Wildman–Crippen LogP) is 3.69. The summed E-state index contributed by atoms with van der Waals surface area (Å²) in [5.74, 6) is 1.32. The molecule has 0 atom stereocenters. The van der Waals surface area contributed by atoms with Gasteiger partial charge in [0, 0.05) is 23.6 Å². The summed E-state index contributed by atoms with van der Waals surface area (Å²) in [6, 6.07) is 12.9. The van der Waals surface area contributed by atoms with Crippen LogP contribution >= 0.6 is 11.8 Å². The van der Waals surface area contributed by atoms with Crippen molar-refractivity contribution in [2.24, 2.45) is 0 Å². The number of nitrogens with one attached hydrogen (secondary N) is 1. The van der Waals surface area contributed by atoms with Crippen LogP contribution in [-0.4, -0.2) is 52.6 Å². The first-order valence-corrected chi connectivity index (χ1v) is 13.1. The molecule has 1 amide bonds. The highest BCUT2D eigenvalue weighted by molar-refractivity contribution is 7.99. The van der Waals surface area contributed by atoms with Gasteiger partial charge in [-0.2, -0.15) is 11.8 Å². The Morgan fingerprint density at radius 2 is 1.75 bits per heavy atom. The summed E-state index contributed by atoms with van der Waals surface area (Å²) in [7, 11) is -0.981. The van der Waals surface area contributed by atoms with Gasteiger partial charge in [0.1, 0.15) is 6.54 Å². The van der Waals surface area contributed by atoms with Gasteiger partial charge >= 0.3 is 0 Å². The summed E-state index contributed by atoms with van der Waals surface area (Å²) in [5, 5.41) is 3.53. The van der Waals surface area contributed by atoms with Gasteiger partial charge in [-0.15, -0.1) is 0 Å². The fraction of sp³-hybridized carbons (Fsp3) is 0.435. The molecule has 0 unspecified atom stereocenters. The third-order valence-electron chi connectivity index (χ3n) is 5.35. The normalized spacial score (nSPS) is 14.2. The molecule has 1 aliphatic rings. The van der Waals surface area contributed by atoms with E-state index in [0.29, 0.717) is 29.0 Å². The summed E-state index contributed by atoms with van der Waals surface area (Å²) in [6.07, 6.45) is 5.03. The quantitative estimate of drug-likeness (QED) is 0.496. The van der Waals surface area contributed by atoms with Crippen LogP contribution in [-0.2, 0) is 14.8 Å². The molecule has 7 nitrogen and oxygen atoms in total. The van der Waals surface area contributed by atoms with Gasteiger partial charge in [-0.05, 0) is 37.1 Å². The van der Waals surface area contributed by atoms with Gasteiger partial charge in [0.2, 0.25) is 5.91 Å². The highest BCUT2D eigenvalue weighted by Crippen LogP contribution is 2.33. The number of hydrogen-bond donors (Lipinski definition) is 1. The van der Waals surface area contributed by atoms with E-state index in [9.17, 15) is 13.2 Å². The molecule has 1 fully saturated rings. The van der Waals surface area contributed by atoms with Gasteiger partial charge in [-0.1, -0.05) is 31.0 Å². The Balaban J connectivity index is 1.77. The molecule has 1 N–H and O–H groups in total. The van der Waals surface area contributed by atoms with Crippen LogP contribution in [0.15, 0.2) is 53.4 Å². The number of sulfonamides is 1. The van der Waals surface area contributed by atoms with Crippen molar-refractivity contribution in [3.63, 3.8) is 0 Å². The minimum atomic E-state index is -3.97. The SMILES string of the molecule is COc1ccc(N(CC(=O)NCCSC2CCCC2)S(=O)(=O)c2ccccc2)cc1OC. The maximum atomic E-state index is 13.4. The van der Waals surface area contributed by atoms with Gasteiger partial charge in [0.25, 0.3) is 10.0 Å². The average molecular weight is 479 g/mol. The number of ether oxygens (including phenoxy) is 2. The van der Waals surface area contributed by atoms with Crippen molar-refractivity contribution in [3.05, 3.63) is 48.5 Å². The van der Waals surface area contributed by atoms with Gasteiger partial charge in [0.05, 0.1) is 24.8 Å². The third kappa shape index (κ3) is 6.10. The average Bonchev–Trinajstić information content (AvgIpc) is 3.34. The first-order valence-electron chi connectivity index (χ1n) is 10.6. The van der Waals surface area contributed by atoms with Crippen molar-refractivity contribution < 1.29 is 22.7 Å². The van der Waals surface area contributed by atoms with Crippen LogP contribution in [0.4, 0.5) is 5.69 Å². The number of thioether (sulfide) groups is 1. The van der Waals surface area contributed by atoms with Gasteiger partial charge in [-0.3, -0.25) is 9.10 Å². The summed E-state index contributed by atoms with van der Waals surface area (Å²) in [4.78, 5) is 12.8. The highest BCUT2D eigenvalue weighted by Gasteiger charge is 2.28. The number of nitrogens with zero attached hydrogens (tertiary/aromatic N) is 1. The number of carbonyl (C=O) groups is 1. The van der Waals surface area contributed by atoms with E-state index in [1.807, 2.05) is 11.8 Å². The minimum absolute atomic E-state index is 0.111. The number of benzene rings is 2. The molecule has 174 valence electrons. The summed E-state index contributed by atoms with van der Waals surface area (Å²) >= 11 is 1.88. The summed E-state index contributed by atoms with van der Waals surface area (Å²) in [5.41, 5.74) is 0.321. The first kappa shape index (κ1) is 24.3. The van der Waals surface area contributed by atoms with Crippen LogP contribution in [0, 0.1) is 0 Å². The molecule has 0 bridgehead atoms. The smallest absolute Gasteiger partial charge is 0.264 e. The molecule has 2 aromatic carbocycles. The zero-order chi connectivity index (χ0) is 23.0. The molecule has 0 heterocycles. The van der Waals surface area contributed by atoms with Gasteiger partial charge < -0.3 is 14.8 Å². The van der Waals surface area contributed by atoms with E-state index < -0.39 is 10.0 Å². The maximum Gasteiger partial charge on any atom is 0.264 e. The molecule has 1 aliphatic carbocycles. The predicted molar refractivity (Wildman–Crippen MR) is 128 cm³/mol. The highest BCUT2D eigenvalue weighted by atomic mass is 32.2. The van der Waals surface area contributed by atoms with Crippen molar-refractivity contribution in [2.45, 2.75) is 35.8 Å². The molecule has 0 radical (unpaired) electrons. The lowest BCUT2D eigenvalue weighted by molar-refractivity contribution is -0.119. The molecule has 0 saturated heterocycles. The Morgan fingerprint density at radius 3 is 2.41 bits per heavy atom. The number of carbonyl (C=O) groups excluding carboxylic acids is 1. The molecule has 2 aromatic rings. The Hall–Kier alpha value is -2.39.